The van der Waals surface area contributed by atoms with Crippen LogP contribution >= 0.6 is 0 Å². The van der Waals surface area contributed by atoms with Crippen molar-refractivity contribution in [3.63, 3.8) is 0 Å². The van der Waals surface area contributed by atoms with Crippen molar-refractivity contribution < 1.29 is 9.53 Å². The zero-order valence-electron chi connectivity index (χ0n) is 24.6. The largest absolute Gasteiger partial charge is 0.496 e. The highest BCUT2D eigenvalue weighted by molar-refractivity contribution is 5.78. The Kier molecular flexibility index (Phi) is 9.33. The average molecular weight is 559 g/mol. The molecule has 1 aromatic heterocycles. The Morgan fingerprint density at radius 1 is 0.951 bits per heavy atom. The Morgan fingerprint density at radius 3 is 2.49 bits per heavy atom. The summed E-state index contributed by atoms with van der Waals surface area (Å²) in [5.41, 5.74) is 6.10. The molecular weight excluding hydrogens is 516 g/mol. The summed E-state index contributed by atoms with van der Waals surface area (Å²) in [5, 5.41) is 10.1. The van der Waals surface area contributed by atoms with Crippen molar-refractivity contribution in [2.45, 2.75) is 33.0 Å². The van der Waals surface area contributed by atoms with Crippen molar-refractivity contribution in [2.24, 2.45) is 0 Å². The SMILES string of the molecule is COc1ccc2cc1CN(C)CCNC(=O)CN1CCN(CC1)Cc1cc(cc(NC(C)C)c1)Nc1nccc-2n1. The number of aromatic nitrogens is 2. The third-order valence-electron chi connectivity index (χ3n) is 7.43. The van der Waals surface area contributed by atoms with E-state index in [2.05, 4.69) is 80.8 Å². The van der Waals surface area contributed by atoms with Gasteiger partial charge in [-0.3, -0.25) is 14.6 Å². The Labute approximate surface area is 243 Å². The van der Waals surface area contributed by atoms with Gasteiger partial charge in [-0.15, -0.1) is 0 Å². The molecule has 10 nitrogen and oxygen atoms in total. The van der Waals surface area contributed by atoms with E-state index in [0.717, 1.165) is 73.2 Å². The molecule has 3 aromatic rings. The van der Waals surface area contributed by atoms with E-state index in [1.807, 2.05) is 18.2 Å². The van der Waals surface area contributed by atoms with E-state index < -0.39 is 0 Å². The van der Waals surface area contributed by atoms with Gasteiger partial charge in [0.25, 0.3) is 0 Å². The van der Waals surface area contributed by atoms with Crippen LogP contribution in [0, 0.1) is 0 Å². The van der Waals surface area contributed by atoms with Crippen molar-refractivity contribution in [3.05, 3.63) is 59.8 Å². The van der Waals surface area contributed by atoms with E-state index in [4.69, 9.17) is 9.72 Å². The Balaban J connectivity index is 1.47. The van der Waals surface area contributed by atoms with Gasteiger partial charge in [-0.05, 0) is 68.9 Å². The number of likely N-dealkylation sites (N-methyl/N-ethyl adjacent to an activating group) is 1. The molecule has 2 aromatic carbocycles. The number of fused-ring (bicyclic) bond motifs is 8. The highest BCUT2D eigenvalue weighted by atomic mass is 16.5. The number of ether oxygens (including phenoxy) is 1. The summed E-state index contributed by atoms with van der Waals surface area (Å²) in [6, 6.07) is 14.9. The Hall–Kier alpha value is -3.73. The lowest BCUT2D eigenvalue weighted by atomic mass is 10.1. The molecular formula is C31H42N8O2. The molecule has 0 aliphatic carbocycles. The number of nitrogens with zero attached hydrogens (tertiary/aromatic N) is 5. The van der Waals surface area contributed by atoms with Gasteiger partial charge in [-0.25, -0.2) is 9.97 Å². The molecule has 41 heavy (non-hydrogen) atoms. The molecule has 0 radical (unpaired) electrons. The fraction of sp³-hybridized carbons (Fsp3) is 0.452. The first-order valence-electron chi connectivity index (χ1n) is 14.4. The zero-order valence-corrected chi connectivity index (χ0v) is 24.6. The summed E-state index contributed by atoms with van der Waals surface area (Å²) in [7, 11) is 3.75. The molecule has 10 heteroatoms. The second-order valence-corrected chi connectivity index (χ2v) is 11.3. The molecule has 0 saturated carbocycles. The van der Waals surface area contributed by atoms with Crippen LogP contribution in [0.25, 0.3) is 11.3 Å². The van der Waals surface area contributed by atoms with Crippen LogP contribution in [0.5, 0.6) is 5.75 Å². The number of amides is 1. The molecule has 3 aliphatic rings. The lowest BCUT2D eigenvalue weighted by molar-refractivity contribution is -0.122. The van der Waals surface area contributed by atoms with Crippen LogP contribution < -0.4 is 20.7 Å². The van der Waals surface area contributed by atoms with Gasteiger partial charge in [0, 0.05) is 87.1 Å². The minimum atomic E-state index is 0.0799. The number of anilines is 3. The first-order chi connectivity index (χ1) is 19.8. The van der Waals surface area contributed by atoms with E-state index in [0.29, 0.717) is 31.6 Å². The molecule has 0 spiro atoms. The Morgan fingerprint density at radius 2 is 1.73 bits per heavy atom. The maximum Gasteiger partial charge on any atom is 0.234 e. The predicted octanol–water partition coefficient (Wildman–Crippen LogP) is 3.40. The summed E-state index contributed by atoms with van der Waals surface area (Å²) in [5.74, 6) is 1.46. The molecule has 4 heterocycles. The molecule has 8 bridgehead atoms. The van der Waals surface area contributed by atoms with Crippen LogP contribution in [-0.2, 0) is 17.9 Å². The van der Waals surface area contributed by atoms with Crippen LogP contribution in [0.2, 0.25) is 0 Å². The summed E-state index contributed by atoms with van der Waals surface area (Å²) < 4.78 is 5.66. The highest BCUT2D eigenvalue weighted by Crippen LogP contribution is 2.28. The lowest BCUT2D eigenvalue weighted by Gasteiger charge is -2.34. The summed E-state index contributed by atoms with van der Waals surface area (Å²) in [6.45, 7) is 11.2. The number of benzene rings is 2. The Bertz CT molecular complexity index is 1340. The van der Waals surface area contributed by atoms with Gasteiger partial charge in [0.2, 0.25) is 11.9 Å². The minimum absolute atomic E-state index is 0.0799. The molecule has 1 amide bonds. The van der Waals surface area contributed by atoms with Gasteiger partial charge in [-0.2, -0.15) is 0 Å². The molecule has 3 N–H and O–H groups in total. The number of rotatable bonds is 3. The summed E-state index contributed by atoms with van der Waals surface area (Å²) in [4.78, 5) is 28.9. The van der Waals surface area contributed by atoms with E-state index in [1.165, 1.54) is 5.56 Å². The van der Waals surface area contributed by atoms with Gasteiger partial charge in [0.05, 0.1) is 19.3 Å². The first-order valence-corrected chi connectivity index (χ1v) is 14.4. The molecule has 0 atom stereocenters. The number of carbonyl (C=O) groups excluding carboxylic acids is 1. The summed E-state index contributed by atoms with van der Waals surface area (Å²) >= 11 is 0. The van der Waals surface area contributed by atoms with Crippen LogP contribution in [0.15, 0.2) is 48.7 Å². The smallest absolute Gasteiger partial charge is 0.234 e. The zero-order chi connectivity index (χ0) is 28.8. The molecule has 1 fully saturated rings. The van der Waals surface area contributed by atoms with E-state index in [1.54, 1.807) is 13.3 Å². The van der Waals surface area contributed by atoms with Gasteiger partial charge in [0.15, 0.2) is 0 Å². The molecule has 3 aliphatic heterocycles. The topological polar surface area (TPSA) is 97.9 Å². The summed E-state index contributed by atoms with van der Waals surface area (Å²) in [6.07, 6.45) is 1.79. The van der Waals surface area contributed by atoms with E-state index >= 15 is 0 Å². The fourth-order valence-electron chi connectivity index (χ4n) is 5.42. The van der Waals surface area contributed by atoms with Crippen molar-refractivity contribution in [3.8, 4) is 17.0 Å². The van der Waals surface area contributed by atoms with Crippen molar-refractivity contribution >= 4 is 23.2 Å². The van der Waals surface area contributed by atoms with Crippen molar-refractivity contribution in [1.29, 1.82) is 0 Å². The molecule has 6 rings (SSSR count). The monoisotopic (exact) mass is 558 g/mol. The van der Waals surface area contributed by atoms with Crippen LogP contribution in [0.1, 0.15) is 25.0 Å². The highest BCUT2D eigenvalue weighted by Gasteiger charge is 2.20. The molecule has 218 valence electrons. The first kappa shape index (κ1) is 28.8. The van der Waals surface area contributed by atoms with E-state index in [-0.39, 0.29) is 5.91 Å². The fourth-order valence-corrected chi connectivity index (χ4v) is 5.42. The van der Waals surface area contributed by atoms with Crippen molar-refractivity contribution in [1.82, 2.24) is 30.0 Å². The van der Waals surface area contributed by atoms with E-state index in [9.17, 15) is 4.79 Å². The second-order valence-electron chi connectivity index (χ2n) is 11.3. The average Bonchev–Trinajstić information content (AvgIpc) is 2.93. The molecule has 1 saturated heterocycles. The van der Waals surface area contributed by atoms with Crippen LogP contribution in [0.3, 0.4) is 0 Å². The number of piperazine rings is 1. The quantitative estimate of drug-likeness (QED) is 0.447. The normalized spacial score (nSPS) is 20.4. The third kappa shape index (κ3) is 7.93. The number of hydrogen-bond acceptors (Lipinski definition) is 9. The van der Waals surface area contributed by atoms with Gasteiger partial charge >= 0.3 is 0 Å². The van der Waals surface area contributed by atoms with Gasteiger partial charge in [0.1, 0.15) is 5.75 Å². The van der Waals surface area contributed by atoms with Gasteiger partial charge in [-0.1, -0.05) is 0 Å². The van der Waals surface area contributed by atoms with Crippen LogP contribution in [0.4, 0.5) is 17.3 Å². The lowest BCUT2D eigenvalue weighted by Crippen LogP contribution is -2.49. The maximum atomic E-state index is 12.7. The van der Waals surface area contributed by atoms with Crippen molar-refractivity contribution in [2.75, 3.05) is 70.6 Å². The number of carbonyl (C=O) groups is 1. The second kappa shape index (κ2) is 13.3. The van der Waals surface area contributed by atoms with Gasteiger partial charge < -0.3 is 25.6 Å². The molecule has 0 unspecified atom stereocenters. The third-order valence-corrected chi connectivity index (χ3v) is 7.43. The minimum Gasteiger partial charge on any atom is -0.496 e. The predicted molar refractivity (Wildman–Crippen MR) is 164 cm³/mol. The maximum absolute atomic E-state index is 12.7. The number of methoxy groups -OCH3 is 1. The number of nitrogens with one attached hydrogen (secondary N) is 3. The van der Waals surface area contributed by atoms with Crippen LogP contribution in [-0.4, -0.2) is 96.6 Å². The standard InChI is InChI=1S/C31H42N8O2/c1-22(2)34-26-15-23-16-27(18-26)35-31-33-8-7-28(36-31)24-5-6-29(41-4)25(17-24)20-37(3)10-9-32-30(40)21-39-13-11-38(19-23)12-14-39/h5-8,15-18,22,34H,9-14,19-21H2,1-4H3,(H,32,40)(H,33,35,36). The number of hydrogen-bond donors (Lipinski definition) is 3.